The highest BCUT2D eigenvalue weighted by molar-refractivity contribution is 5.92. The Kier molecular flexibility index (Phi) is 4.13. The fraction of sp³-hybridized carbons (Fsp3) is 0.0500. The molecule has 0 amide bonds. The van der Waals surface area contributed by atoms with Gasteiger partial charge in [-0.3, -0.25) is 0 Å². The van der Waals surface area contributed by atoms with Gasteiger partial charge in [-0.1, -0.05) is 29.8 Å². The van der Waals surface area contributed by atoms with Crippen molar-refractivity contribution in [2.24, 2.45) is 0 Å². The van der Waals surface area contributed by atoms with Crippen LogP contribution in [-0.4, -0.2) is 11.1 Å². The summed E-state index contributed by atoms with van der Waals surface area (Å²) in [7, 11) is 0. The monoisotopic (exact) mass is 324 g/mol. The van der Waals surface area contributed by atoms with Crippen molar-refractivity contribution in [1.82, 2.24) is 0 Å². The van der Waals surface area contributed by atoms with Crippen LogP contribution in [0, 0.1) is 18.6 Å². The molecule has 4 heteroatoms. The van der Waals surface area contributed by atoms with Gasteiger partial charge in [0.05, 0.1) is 5.56 Å². The van der Waals surface area contributed by atoms with Crippen molar-refractivity contribution in [3.63, 3.8) is 0 Å². The van der Waals surface area contributed by atoms with Crippen molar-refractivity contribution in [3.05, 3.63) is 83.4 Å². The first-order chi connectivity index (χ1) is 11.4. The highest BCUT2D eigenvalue weighted by atomic mass is 19.1. The Morgan fingerprint density at radius 1 is 0.833 bits per heavy atom. The van der Waals surface area contributed by atoms with E-state index in [0.717, 1.165) is 23.3 Å². The lowest BCUT2D eigenvalue weighted by molar-refractivity contribution is 0.0697. The maximum Gasteiger partial charge on any atom is 0.335 e. The summed E-state index contributed by atoms with van der Waals surface area (Å²) in [5.41, 5.74) is 3.17. The maximum absolute atomic E-state index is 14.1. The zero-order valence-electron chi connectivity index (χ0n) is 12.9. The zero-order chi connectivity index (χ0) is 17.3. The van der Waals surface area contributed by atoms with Crippen molar-refractivity contribution in [2.45, 2.75) is 6.92 Å². The van der Waals surface area contributed by atoms with Gasteiger partial charge in [0.15, 0.2) is 0 Å². The summed E-state index contributed by atoms with van der Waals surface area (Å²) >= 11 is 0. The van der Waals surface area contributed by atoms with Crippen LogP contribution in [0.2, 0.25) is 0 Å². The summed E-state index contributed by atoms with van der Waals surface area (Å²) in [4.78, 5) is 11.4. The van der Waals surface area contributed by atoms with Gasteiger partial charge in [-0.15, -0.1) is 0 Å². The van der Waals surface area contributed by atoms with E-state index in [1.165, 1.54) is 18.2 Å². The first-order valence-electron chi connectivity index (χ1n) is 7.35. The minimum absolute atomic E-state index is 0.0480. The molecule has 0 radical (unpaired) electrons. The fourth-order valence-corrected chi connectivity index (χ4v) is 2.54. The Morgan fingerprint density at radius 3 is 2.12 bits per heavy atom. The topological polar surface area (TPSA) is 37.3 Å². The van der Waals surface area contributed by atoms with Crippen LogP contribution in [0.15, 0.2) is 60.7 Å². The third kappa shape index (κ3) is 3.18. The van der Waals surface area contributed by atoms with Crippen LogP contribution < -0.4 is 0 Å². The van der Waals surface area contributed by atoms with E-state index in [1.807, 2.05) is 31.2 Å². The first kappa shape index (κ1) is 15.9. The number of carboxylic acid groups (broad SMARTS) is 1. The molecule has 0 aromatic heterocycles. The van der Waals surface area contributed by atoms with Crippen molar-refractivity contribution >= 4 is 5.97 Å². The molecule has 0 aliphatic heterocycles. The summed E-state index contributed by atoms with van der Waals surface area (Å²) < 4.78 is 27.2. The van der Waals surface area contributed by atoms with E-state index in [0.29, 0.717) is 11.1 Å². The van der Waals surface area contributed by atoms with E-state index in [-0.39, 0.29) is 11.1 Å². The second kappa shape index (κ2) is 6.24. The molecule has 1 N–H and O–H groups in total. The largest absolute Gasteiger partial charge is 0.478 e. The lowest BCUT2D eigenvalue weighted by Gasteiger charge is -2.10. The molecular formula is C20H14F2O2. The lowest BCUT2D eigenvalue weighted by atomic mass is 9.95. The summed E-state index contributed by atoms with van der Waals surface area (Å²) in [6, 6.07) is 15.5. The van der Waals surface area contributed by atoms with Gasteiger partial charge in [-0.05, 0) is 53.9 Å². The van der Waals surface area contributed by atoms with E-state index < -0.39 is 17.6 Å². The minimum atomic E-state index is -1.10. The van der Waals surface area contributed by atoms with Crippen LogP contribution in [0.1, 0.15) is 15.9 Å². The predicted molar refractivity (Wildman–Crippen MR) is 88.9 cm³/mol. The standard InChI is InChI=1S/C20H14F2O2/c1-12-2-4-13(5-3-12)14-8-15(10-16(9-14)20(23)24)18-7-6-17(21)11-19(18)22/h2-11H,1H3,(H,23,24). The normalized spacial score (nSPS) is 10.6. The number of halogens is 2. The fourth-order valence-electron chi connectivity index (χ4n) is 2.54. The SMILES string of the molecule is Cc1ccc(-c2cc(C(=O)O)cc(-c3ccc(F)cc3F)c2)cc1. The van der Waals surface area contributed by atoms with Gasteiger partial charge in [-0.25, -0.2) is 13.6 Å². The number of benzene rings is 3. The average Bonchev–Trinajstić information content (AvgIpc) is 2.55. The van der Waals surface area contributed by atoms with Crippen LogP contribution in [-0.2, 0) is 0 Å². The maximum atomic E-state index is 14.1. The van der Waals surface area contributed by atoms with Crippen LogP contribution in [0.3, 0.4) is 0 Å². The molecule has 0 aliphatic carbocycles. The van der Waals surface area contributed by atoms with Crippen molar-refractivity contribution in [2.75, 3.05) is 0 Å². The number of rotatable bonds is 3. The third-order valence-corrected chi connectivity index (χ3v) is 3.81. The number of carboxylic acids is 1. The van der Waals surface area contributed by atoms with Crippen LogP contribution >= 0.6 is 0 Å². The molecule has 0 spiro atoms. The molecule has 2 nitrogen and oxygen atoms in total. The van der Waals surface area contributed by atoms with E-state index in [1.54, 1.807) is 6.07 Å². The number of aryl methyl sites for hydroxylation is 1. The Hall–Kier alpha value is -3.01. The van der Waals surface area contributed by atoms with Crippen molar-refractivity contribution < 1.29 is 18.7 Å². The van der Waals surface area contributed by atoms with Crippen molar-refractivity contribution in [1.29, 1.82) is 0 Å². The second-order valence-corrected chi connectivity index (χ2v) is 5.59. The van der Waals surface area contributed by atoms with Gasteiger partial charge in [0.1, 0.15) is 11.6 Å². The number of carbonyl (C=O) groups is 1. The van der Waals surface area contributed by atoms with Crippen molar-refractivity contribution in [3.8, 4) is 22.3 Å². The summed E-state index contributed by atoms with van der Waals surface area (Å²) in [5.74, 6) is -2.51. The Labute approximate surface area is 138 Å². The Balaban J connectivity index is 2.19. The van der Waals surface area contributed by atoms with Gasteiger partial charge >= 0.3 is 5.97 Å². The van der Waals surface area contributed by atoms with Crippen LogP contribution in [0.5, 0.6) is 0 Å². The number of hydrogen-bond donors (Lipinski definition) is 1. The molecule has 24 heavy (non-hydrogen) atoms. The van der Waals surface area contributed by atoms with Gasteiger partial charge in [0, 0.05) is 11.6 Å². The molecule has 0 saturated carbocycles. The summed E-state index contributed by atoms with van der Waals surface area (Å²) in [6.07, 6.45) is 0. The highest BCUT2D eigenvalue weighted by Gasteiger charge is 2.13. The van der Waals surface area contributed by atoms with Crippen LogP contribution in [0.25, 0.3) is 22.3 Å². The second-order valence-electron chi connectivity index (χ2n) is 5.59. The van der Waals surface area contributed by atoms with E-state index in [2.05, 4.69) is 0 Å². The van der Waals surface area contributed by atoms with Gasteiger partial charge in [0.2, 0.25) is 0 Å². The molecule has 3 aromatic rings. The van der Waals surface area contributed by atoms with Gasteiger partial charge < -0.3 is 5.11 Å². The molecule has 120 valence electrons. The zero-order valence-corrected chi connectivity index (χ0v) is 12.9. The molecule has 3 aromatic carbocycles. The van der Waals surface area contributed by atoms with Gasteiger partial charge in [0.25, 0.3) is 0 Å². The van der Waals surface area contributed by atoms with E-state index in [4.69, 9.17) is 0 Å². The third-order valence-electron chi connectivity index (χ3n) is 3.81. The Bertz CT molecular complexity index is 915. The summed E-state index contributed by atoms with van der Waals surface area (Å²) in [5, 5.41) is 9.33. The predicted octanol–water partition coefficient (Wildman–Crippen LogP) is 5.31. The smallest absolute Gasteiger partial charge is 0.335 e. The molecule has 0 aliphatic rings. The molecule has 0 atom stereocenters. The molecular weight excluding hydrogens is 310 g/mol. The Morgan fingerprint density at radius 2 is 1.50 bits per heavy atom. The van der Waals surface area contributed by atoms with E-state index >= 15 is 0 Å². The molecule has 0 bridgehead atoms. The quantitative estimate of drug-likeness (QED) is 0.709. The molecule has 0 fully saturated rings. The first-order valence-corrected chi connectivity index (χ1v) is 7.35. The van der Waals surface area contributed by atoms with E-state index in [9.17, 15) is 18.7 Å². The van der Waals surface area contributed by atoms with Crippen LogP contribution in [0.4, 0.5) is 8.78 Å². The van der Waals surface area contributed by atoms with Gasteiger partial charge in [-0.2, -0.15) is 0 Å². The summed E-state index contributed by atoms with van der Waals surface area (Å²) in [6.45, 7) is 1.96. The minimum Gasteiger partial charge on any atom is -0.478 e. The molecule has 3 rings (SSSR count). The average molecular weight is 324 g/mol. The highest BCUT2D eigenvalue weighted by Crippen LogP contribution is 2.30. The lowest BCUT2D eigenvalue weighted by Crippen LogP contribution is -1.98. The molecule has 0 unspecified atom stereocenters. The molecule has 0 heterocycles. The molecule has 0 saturated heterocycles. The number of aromatic carboxylic acids is 1. The number of hydrogen-bond acceptors (Lipinski definition) is 1.